The van der Waals surface area contributed by atoms with Gasteiger partial charge in [-0.3, -0.25) is 4.79 Å². The lowest BCUT2D eigenvalue weighted by molar-refractivity contribution is -0.127. The summed E-state index contributed by atoms with van der Waals surface area (Å²) >= 11 is 0. The molecule has 2 atom stereocenters. The highest BCUT2D eigenvalue weighted by Gasteiger charge is 2.30. The van der Waals surface area contributed by atoms with Gasteiger partial charge in [0.2, 0.25) is 5.91 Å². The van der Waals surface area contributed by atoms with Crippen molar-refractivity contribution in [2.24, 2.45) is 5.92 Å². The molecule has 2 N–H and O–H groups in total. The molecule has 3 nitrogen and oxygen atoms in total. The topological polar surface area (TPSA) is 49.3 Å². The van der Waals surface area contributed by atoms with Crippen molar-refractivity contribution in [3.05, 3.63) is 0 Å². The van der Waals surface area contributed by atoms with Crippen LogP contribution in [0.15, 0.2) is 0 Å². The van der Waals surface area contributed by atoms with Crippen molar-refractivity contribution in [3.8, 4) is 0 Å². The fraction of sp³-hybridized carbons (Fsp3) is 0.875. The van der Waals surface area contributed by atoms with E-state index in [0.29, 0.717) is 6.54 Å². The van der Waals surface area contributed by atoms with E-state index in [1.54, 1.807) is 0 Å². The summed E-state index contributed by atoms with van der Waals surface area (Å²) in [6.07, 6.45) is 2.19. The van der Waals surface area contributed by atoms with E-state index in [4.69, 9.17) is 0 Å². The summed E-state index contributed by atoms with van der Waals surface area (Å²) in [6.45, 7) is 2.54. The lowest BCUT2D eigenvalue weighted by Gasteiger charge is -2.12. The van der Waals surface area contributed by atoms with E-state index in [-0.39, 0.29) is 11.8 Å². The lowest BCUT2D eigenvalue weighted by Crippen LogP contribution is -2.34. The maximum Gasteiger partial charge on any atom is 0.225 e. The average Bonchev–Trinajstić information content (AvgIpc) is 2.36. The molecule has 1 aliphatic carbocycles. The van der Waals surface area contributed by atoms with Gasteiger partial charge in [0.05, 0.1) is 12.0 Å². The van der Waals surface area contributed by atoms with Gasteiger partial charge in [-0.25, -0.2) is 0 Å². The van der Waals surface area contributed by atoms with E-state index in [1.807, 2.05) is 6.92 Å². The summed E-state index contributed by atoms with van der Waals surface area (Å²) in [5.74, 6) is -0.132. The fourth-order valence-electron chi connectivity index (χ4n) is 1.55. The van der Waals surface area contributed by atoms with Gasteiger partial charge < -0.3 is 10.4 Å². The number of hydrogen-bond donors (Lipinski definition) is 2. The molecule has 3 heteroatoms. The van der Waals surface area contributed by atoms with Crippen molar-refractivity contribution in [1.82, 2.24) is 5.32 Å². The normalized spacial score (nSPS) is 30.4. The van der Waals surface area contributed by atoms with Crippen LogP contribution >= 0.6 is 0 Å². The number of aliphatic hydroxyl groups is 1. The Morgan fingerprint density at radius 3 is 2.82 bits per heavy atom. The third kappa shape index (κ3) is 1.93. The monoisotopic (exact) mass is 157 g/mol. The van der Waals surface area contributed by atoms with Crippen LogP contribution in [0.4, 0.5) is 0 Å². The van der Waals surface area contributed by atoms with Gasteiger partial charge in [0.15, 0.2) is 0 Å². The van der Waals surface area contributed by atoms with Crippen molar-refractivity contribution in [1.29, 1.82) is 0 Å². The molecule has 1 amide bonds. The van der Waals surface area contributed by atoms with Gasteiger partial charge in [-0.05, 0) is 26.2 Å². The summed E-state index contributed by atoms with van der Waals surface area (Å²) < 4.78 is 0. The molecule has 11 heavy (non-hydrogen) atoms. The van der Waals surface area contributed by atoms with Gasteiger partial charge in [-0.15, -0.1) is 0 Å². The molecule has 0 bridgehead atoms. The summed E-state index contributed by atoms with van der Waals surface area (Å²) in [5.41, 5.74) is 0. The van der Waals surface area contributed by atoms with E-state index < -0.39 is 6.10 Å². The second kappa shape index (κ2) is 3.72. The van der Waals surface area contributed by atoms with E-state index in [0.717, 1.165) is 19.3 Å². The predicted molar refractivity (Wildman–Crippen MR) is 42.0 cm³/mol. The molecule has 1 fully saturated rings. The molecule has 0 aromatic heterocycles. The highest BCUT2D eigenvalue weighted by molar-refractivity contribution is 5.79. The molecule has 0 aliphatic heterocycles. The van der Waals surface area contributed by atoms with Gasteiger partial charge in [-0.2, -0.15) is 0 Å². The van der Waals surface area contributed by atoms with Crippen LogP contribution in [0.3, 0.4) is 0 Å². The summed E-state index contributed by atoms with van der Waals surface area (Å²) in [7, 11) is 0. The molecular formula is C8H15NO2. The second-order valence-electron chi connectivity index (χ2n) is 3.00. The van der Waals surface area contributed by atoms with Gasteiger partial charge in [0.1, 0.15) is 0 Å². The van der Waals surface area contributed by atoms with Gasteiger partial charge in [-0.1, -0.05) is 0 Å². The third-order valence-corrected chi connectivity index (χ3v) is 2.17. The lowest BCUT2D eigenvalue weighted by atomic mass is 10.1. The van der Waals surface area contributed by atoms with Gasteiger partial charge >= 0.3 is 0 Å². The first-order chi connectivity index (χ1) is 5.25. The Kier molecular flexibility index (Phi) is 2.88. The molecule has 64 valence electrons. The number of carbonyl (C=O) groups excluding carboxylic acids is 1. The molecule has 1 saturated carbocycles. The first kappa shape index (κ1) is 8.53. The van der Waals surface area contributed by atoms with E-state index in [2.05, 4.69) is 5.32 Å². The number of amides is 1. The Balaban J connectivity index is 2.39. The number of carbonyl (C=O) groups is 1. The number of nitrogens with one attached hydrogen (secondary N) is 1. The minimum Gasteiger partial charge on any atom is -0.392 e. The molecule has 0 aromatic carbocycles. The van der Waals surface area contributed by atoms with Crippen LogP contribution in [0.2, 0.25) is 0 Å². The molecule has 0 heterocycles. The third-order valence-electron chi connectivity index (χ3n) is 2.17. The number of aliphatic hydroxyl groups excluding tert-OH is 1. The van der Waals surface area contributed by atoms with E-state index in [1.165, 1.54) is 0 Å². The Bertz CT molecular complexity index is 147. The smallest absolute Gasteiger partial charge is 0.225 e. The SMILES string of the molecule is CCNC(=O)C1CCCC1O. The number of rotatable bonds is 2. The molecular weight excluding hydrogens is 142 g/mol. The second-order valence-corrected chi connectivity index (χ2v) is 3.00. The standard InChI is InChI=1S/C8H15NO2/c1-2-9-8(11)6-4-3-5-7(6)10/h6-7,10H,2-5H2,1H3,(H,9,11). The minimum atomic E-state index is -0.401. The first-order valence-electron chi connectivity index (χ1n) is 4.21. The summed E-state index contributed by atoms with van der Waals surface area (Å²) in [6, 6.07) is 0. The molecule has 0 aromatic rings. The maximum atomic E-state index is 11.2. The van der Waals surface area contributed by atoms with E-state index >= 15 is 0 Å². The zero-order chi connectivity index (χ0) is 8.27. The molecule has 0 saturated heterocycles. The largest absolute Gasteiger partial charge is 0.392 e. The Hall–Kier alpha value is -0.570. The van der Waals surface area contributed by atoms with Crippen LogP contribution in [-0.4, -0.2) is 23.7 Å². The predicted octanol–water partition coefficient (Wildman–Crippen LogP) is 0.283. The van der Waals surface area contributed by atoms with Crippen LogP contribution < -0.4 is 5.32 Å². The van der Waals surface area contributed by atoms with Crippen LogP contribution in [-0.2, 0) is 4.79 Å². The highest BCUT2D eigenvalue weighted by atomic mass is 16.3. The fourth-order valence-corrected chi connectivity index (χ4v) is 1.55. The van der Waals surface area contributed by atoms with Crippen molar-refractivity contribution in [3.63, 3.8) is 0 Å². The Morgan fingerprint density at radius 1 is 1.64 bits per heavy atom. The Morgan fingerprint density at radius 2 is 2.36 bits per heavy atom. The van der Waals surface area contributed by atoms with Crippen LogP contribution in [0, 0.1) is 5.92 Å². The minimum absolute atomic E-state index is 0.0116. The zero-order valence-corrected chi connectivity index (χ0v) is 6.84. The van der Waals surface area contributed by atoms with Crippen molar-refractivity contribution >= 4 is 5.91 Å². The molecule has 1 rings (SSSR count). The summed E-state index contributed by atoms with van der Waals surface area (Å²) in [5, 5.41) is 12.0. The summed E-state index contributed by atoms with van der Waals surface area (Å²) in [4.78, 5) is 11.2. The van der Waals surface area contributed by atoms with Crippen molar-refractivity contribution in [2.75, 3.05) is 6.54 Å². The van der Waals surface area contributed by atoms with Crippen LogP contribution in [0.5, 0.6) is 0 Å². The quantitative estimate of drug-likeness (QED) is 0.605. The van der Waals surface area contributed by atoms with Crippen molar-refractivity contribution < 1.29 is 9.90 Å². The number of hydrogen-bond acceptors (Lipinski definition) is 2. The van der Waals surface area contributed by atoms with Crippen LogP contribution in [0.25, 0.3) is 0 Å². The zero-order valence-electron chi connectivity index (χ0n) is 6.84. The molecule has 2 unspecified atom stereocenters. The molecule has 1 aliphatic rings. The van der Waals surface area contributed by atoms with Crippen LogP contribution in [0.1, 0.15) is 26.2 Å². The van der Waals surface area contributed by atoms with Gasteiger partial charge in [0.25, 0.3) is 0 Å². The molecule has 0 spiro atoms. The first-order valence-corrected chi connectivity index (χ1v) is 4.21. The highest BCUT2D eigenvalue weighted by Crippen LogP contribution is 2.25. The van der Waals surface area contributed by atoms with Gasteiger partial charge in [0, 0.05) is 6.54 Å². The average molecular weight is 157 g/mol. The molecule has 0 radical (unpaired) electrons. The van der Waals surface area contributed by atoms with Crippen molar-refractivity contribution in [2.45, 2.75) is 32.3 Å². The maximum absolute atomic E-state index is 11.2. The van der Waals surface area contributed by atoms with E-state index in [9.17, 15) is 9.90 Å². The Labute approximate surface area is 66.8 Å².